The van der Waals surface area contributed by atoms with Gasteiger partial charge in [-0.3, -0.25) is 4.79 Å². The van der Waals surface area contributed by atoms with E-state index in [0.717, 1.165) is 0 Å². The molecule has 1 aromatic carbocycles. The fourth-order valence-corrected chi connectivity index (χ4v) is 14.5. The van der Waals surface area contributed by atoms with Gasteiger partial charge < -0.3 is 48.0 Å². The van der Waals surface area contributed by atoms with Crippen molar-refractivity contribution in [2.24, 2.45) is 16.7 Å². The highest BCUT2D eigenvalue weighted by molar-refractivity contribution is 6.73. The smallest absolute Gasteiger partial charge is 0.408 e. The first kappa shape index (κ1) is 49.8. The molecule has 5 aliphatic rings. The molecule has 12 atom stereocenters. The summed E-state index contributed by atoms with van der Waals surface area (Å²) in [7, 11) is -2.78. The topological polar surface area (TPSA) is 174 Å². The van der Waals surface area contributed by atoms with Crippen molar-refractivity contribution in [3.63, 3.8) is 0 Å². The molecule has 2 saturated heterocycles. The lowest BCUT2D eigenvalue weighted by Gasteiger charge is -2.68. The summed E-state index contributed by atoms with van der Waals surface area (Å²) in [4.78, 5) is 56.1. The van der Waals surface area contributed by atoms with Crippen molar-refractivity contribution in [3.8, 4) is 0 Å². The van der Waals surface area contributed by atoms with E-state index in [0.29, 0.717) is 42.1 Å². The van der Waals surface area contributed by atoms with Crippen LogP contribution in [0.25, 0.3) is 0 Å². The molecule has 4 fully saturated rings. The van der Waals surface area contributed by atoms with E-state index in [2.05, 4.69) is 11.9 Å². The normalized spacial score (nSPS) is 34.4. The van der Waals surface area contributed by atoms with E-state index < -0.39 is 121 Å². The number of aliphatic hydroxyl groups is 1. The lowest BCUT2D eigenvalue weighted by molar-refractivity contribution is -0.345. The van der Waals surface area contributed by atoms with Crippen molar-refractivity contribution in [1.29, 1.82) is 0 Å². The predicted molar refractivity (Wildman–Crippen MR) is 236 cm³/mol. The van der Waals surface area contributed by atoms with Gasteiger partial charge >= 0.3 is 24.0 Å². The predicted octanol–water partition coefficient (Wildman–Crippen LogP) is 7.67. The van der Waals surface area contributed by atoms with Gasteiger partial charge in [0.25, 0.3) is 0 Å². The Balaban J connectivity index is 1.56. The van der Waals surface area contributed by atoms with Gasteiger partial charge in [-0.1, -0.05) is 66.3 Å². The minimum absolute atomic E-state index is 0.0421. The van der Waals surface area contributed by atoms with Gasteiger partial charge in [-0.15, -0.1) is 0 Å². The quantitative estimate of drug-likeness (QED) is 0.0806. The number of halogens is 1. The average molecular weight is 916 g/mol. The van der Waals surface area contributed by atoms with E-state index in [1.54, 1.807) is 58.0 Å². The molecule has 0 aromatic heterocycles. The molecule has 1 amide bonds. The van der Waals surface area contributed by atoms with Gasteiger partial charge in [-0.25, -0.2) is 18.8 Å². The summed E-state index contributed by atoms with van der Waals surface area (Å²) in [5, 5.41) is 16.6. The van der Waals surface area contributed by atoms with Gasteiger partial charge in [0.15, 0.2) is 25.8 Å². The van der Waals surface area contributed by atoms with Crippen LogP contribution in [0, 0.1) is 16.7 Å². The Kier molecular flexibility index (Phi) is 13.9. The zero-order valence-electron chi connectivity index (χ0n) is 39.7. The van der Waals surface area contributed by atoms with Crippen LogP contribution in [-0.2, 0) is 47.2 Å². The van der Waals surface area contributed by atoms with Crippen molar-refractivity contribution in [1.82, 2.24) is 5.32 Å². The number of carbonyl (C=O) groups excluding carboxylic acids is 4. The maximum Gasteiger partial charge on any atom is 0.408 e. The summed E-state index contributed by atoms with van der Waals surface area (Å²) in [5.41, 5.74) is -7.47. The van der Waals surface area contributed by atoms with Crippen molar-refractivity contribution in [2.45, 2.75) is 186 Å². The highest BCUT2D eigenvalue weighted by Crippen LogP contribution is 2.66. The highest BCUT2D eigenvalue weighted by atomic mass is 28.4. The third kappa shape index (κ3) is 8.37. The molecule has 2 bridgehead atoms. The molecule has 2 N–H and O–H groups in total. The molecule has 0 spiro atoms. The van der Waals surface area contributed by atoms with E-state index in [9.17, 15) is 19.5 Å². The van der Waals surface area contributed by atoms with Gasteiger partial charge in [0.1, 0.15) is 42.3 Å². The fourth-order valence-electron chi connectivity index (χ4n) is 11.4. The van der Waals surface area contributed by atoms with Crippen LogP contribution in [0.15, 0.2) is 54.1 Å². The number of rotatable bonds is 14. The number of ether oxygens (including phenoxy) is 7. The lowest BCUT2D eigenvalue weighted by atomic mass is 9.45. The molecule has 6 rings (SSSR count). The molecule has 1 aromatic rings. The first-order valence-electron chi connectivity index (χ1n) is 22.8. The molecule has 0 radical (unpaired) electrons. The van der Waals surface area contributed by atoms with Gasteiger partial charge in [0.05, 0.1) is 30.2 Å². The highest BCUT2D eigenvalue weighted by Gasteiger charge is 2.77. The van der Waals surface area contributed by atoms with Gasteiger partial charge in [0, 0.05) is 24.2 Å². The van der Waals surface area contributed by atoms with Crippen LogP contribution in [0.2, 0.25) is 18.1 Å². The van der Waals surface area contributed by atoms with Crippen LogP contribution in [0.5, 0.6) is 0 Å². The van der Waals surface area contributed by atoms with E-state index in [1.165, 1.54) is 19.9 Å². The van der Waals surface area contributed by atoms with Crippen molar-refractivity contribution in [2.75, 3.05) is 13.3 Å². The van der Waals surface area contributed by atoms with Crippen molar-refractivity contribution >= 4 is 32.3 Å². The molecular formula is C48H70FNO13Si. The van der Waals surface area contributed by atoms with Gasteiger partial charge in [-0.05, 0) is 94.9 Å². The Morgan fingerprint density at radius 2 is 1.67 bits per heavy atom. The van der Waals surface area contributed by atoms with Crippen LogP contribution in [0.1, 0.15) is 113 Å². The minimum Gasteiger partial charge on any atom is -0.456 e. The number of esters is 3. The summed E-state index contributed by atoms with van der Waals surface area (Å²) in [6.07, 6.45) is -4.67. The Morgan fingerprint density at radius 3 is 2.20 bits per heavy atom. The van der Waals surface area contributed by atoms with E-state index in [1.807, 2.05) is 41.5 Å². The summed E-state index contributed by atoms with van der Waals surface area (Å²) in [6.45, 7) is 23.8. The number of fused-ring (bicyclic) bond motifs is 8. The first-order valence-corrected chi connectivity index (χ1v) is 25.3. The molecular weight excluding hydrogens is 846 g/mol. The molecule has 2 heterocycles. The van der Waals surface area contributed by atoms with Crippen LogP contribution in [0.4, 0.5) is 9.18 Å². The van der Waals surface area contributed by atoms with Crippen LogP contribution in [-0.4, -0.2) is 116 Å². The number of nitrogens with one attached hydrogen (secondary N) is 1. The SMILES string of the molecule is C=C[C@@H]1O[C@@H]2C3=C(C)[C@@H](OC(=O)[C@](C)(O[Si](CC)(CC)CC)[C@H](CF)NC(=O)OC(C)(C)C)C[C@@](O)([C@@H](OC(=O)c4ccccc4)[C@H]4[C@@](C)(CC[C@H]5OC[C@]54OC(C)=O)[C@@H]2O1)C3(C)C. The molecule has 14 nitrogen and oxygen atoms in total. The largest absolute Gasteiger partial charge is 0.456 e. The molecule has 2 aliphatic heterocycles. The summed E-state index contributed by atoms with van der Waals surface area (Å²) in [6, 6.07) is 8.60. The number of hydrogen-bond donors (Lipinski definition) is 2. The van der Waals surface area contributed by atoms with Gasteiger partial charge in [0.2, 0.25) is 0 Å². The molecule has 2 saturated carbocycles. The molecule has 0 unspecified atom stereocenters. The Morgan fingerprint density at radius 1 is 1.03 bits per heavy atom. The number of alkyl halides is 1. The maximum absolute atomic E-state index is 15.5. The fraction of sp³-hybridized carbons (Fsp3) is 0.708. The van der Waals surface area contributed by atoms with E-state index in [4.69, 9.17) is 37.6 Å². The average Bonchev–Trinajstić information content (AvgIpc) is 3.66. The van der Waals surface area contributed by atoms with E-state index >= 15 is 9.18 Å². The summed E-state index contributed by atoms with van der Waals surface area (Å²) >= 11 is 0. The summed E-state index contributed by atoms with van der Waals surface area (Å²) < 4.78 is 67.1. The standard InChI is InChI=1S/C48H70FNO13Si/c1-14-34-58-36-35-28(5)31(57-41(53)46(13,63-64(15-2,16-3)17-4)32(26-49)50-42(54)62-43(7,8)9)25-48(55,44(35,10)11)39(60-40(52)30-21-19-18-20-22-30)37-45(12,38(36)59-34)24-23-33-47(37,27-56-33)61-29(6)51/h14,18-22,31-34,36-39,55H,1,15-17,23-27H2,2-13H3,(H,50,54)/t31-,32-,33+,34+,36+,37-,38+,39-,45+,46+,47-,48+/m0/s1. The maximum atomic E-state index is 15.5. The molecule has 356 valence electrons. The van der Waals surface area contributed by atoms with Crippen molar-refractivity contribution in [3.05, 3.63) is 59.7 Å². The summed E-state index contributed by atoms with van der Waals surface area (Å²) in [5.74, 6) is -3.25. The minimum atomic E-state index is -2.78. The molecule has 3 aliphatic carbocycles. The van der Waals surface area contributed by atoms with Crippen LogP contribution in [0.3, 0.4) is 0 Å². The number of hydrogen-bond acceptors (Lipinski definition) is 13. The third-order valence-corrected chi connectivity index (χ3v) is 20.0. The monoisotopic (exact) mass is 915 g/mol. The zero-order chi connectivity index (χ0) is 47.4. The first-order chi connectivity index (χ1) is 29.9. The number of carbonyl (C=O) groups is 4. The Bertz CT molecular complexity index is 1980. The second kappa shape index (κ2) is 17.9. The van der Waals surface area contributed by atoms with Crippen LogP contribution >= 0.6 is 0 Å². The number of benzene rings is 1. The van der Waals surface area contributed by atoms with E-state index in [-0.39, 0.29) is 18.6 Å². The number of amides is 1. The van der Waals surface area contributed by atoms with Crippen LogP contribution < -0.4 is 5.32 Å². The Labute approximate surface area is 378 Å². The molecule has 64 heavy (non-hydrogen) atoms. The Hall–Kier alpha value is -3.67. The molecule has 16 heteroatoms. The lowest BCUT2D eigenvalue weighted by Crippen LogP contribution is -2.79. The third-order valence-electron chi connectivity index (χ3n) is 15.2. The second-order valence-electron chi connectivity index (χ2n) is 20.3. The van der Waals surface area contributed by atoms with Crippen molar-refractivity contribution < 1.29 is 66.3 Å². The number of alkyl carbamates (subject to hydrolysis) is 1. The zero-order valence-corrected chi connectivity index (χ0v) is 40.7. The van der Waals surface area contributed by atoms with Gasteiger partial charge in [-0.2, -0.15) is 0 Å². The second-order valence-corrected chi connectivity index (χ2v) is 25.0.